The van der Waals surface area contributed by atoms with E-state index in [1.165, 1.54) is 42.1 Å². The summed E-state index contributed by atoms with van der Waals surface area (Å²) in [6.45, 7) is -0.976. The standard InChI is InChI=1S/C27H25FN2O7S/c28-17-8-6-16(7-9-17)22(32)15-38-26-25(30(27(26)36)18-4-2-1-3-5-18)20-11-10-19(12-21(20)31)37-14-23(33)29-13-24(34)35/h1-12,22,25-26,31-32H,13-15H2,(H,29,33)(H,34,35). The Balaban J connectivity index is 1.50. The molecule has 4 N–H and O–H groups in total. The number of carbonyl (C=O) groups is 3. The van der Waals surface area contributed by atoms with E-state index in [4.69, 9.17) is 9.84 Å². The Morgan fingerprint density at radius 3 is 2.45 bits per heavy atom. The number of aliphatic carboxylic acids is 1. The van der Waals surface area contributed by atoms with Gasteiger partial charge in [0, 0.05) is 23.1 Å². The summed E-state index contributed by atoms with van der Waals surface area (Å²) >= 11 is 1.24. The highest BCUT2D eigenvalue weighted by atomic mass is 32.2. The number of carboxylic acid groups (broad SMARTS) is 1. The number of β-lactam (4-membered cyclic amide) rings is 1. The van der Waals surface area contributed by atoms with Gasteiger partial charge in [-0.2, -0.15) is 0 Å². The maximum atomic E-state index is 13.2. The van der Waals surface area contributed by atoms with E-state index in [0.717, 1.165) is 0 Å². The number of aliphatic hydroxyl groups is 1. The molecule has 1 aliphatic rings. The minimum atomic E-state index is -1.18. The van der Waals surface area contributed by atoms with Crippen LogP contribution < -0.4 is 15.0 Å². The van der Waals surface area contributed by atoms with E-state index in [1.807, 2.05) is 6.07 Å². The number of nitrogens with one attached hydrogen (secondary N) is 1. The van der Waals surface area contributed by atoms with Gasteiger partial charge < -0.3 is 30.3 Å². The summed E-state index contributed by atoms with van der Waals surface area (Å²) in [5, 5.41) is 31.6. The number of carboxylic acids is 1. The molecule has 0 radical (unpaired) electrons. The highest BCUT2D eigenvalue weighted by Gasteiger charge is 2.50. The Bertz CT molecular complexity index is 1310. The van der Waals surface area contributed by atoms with Gasteiger partial charge in [0.1, 0.15) is 29.1 Å². The predicted molar refractivity (Wildman–Crippen MR) is 139 cm³/mol. The number of phenolic OH excluding ortho intramolecular Hbond substituents is 1. The number of anilines is 1. The lowest BCUT2D eigenvalue weighted by Gasteiger charge is -2.47. The van der Waals surface area contributed by atoms with Crippen LogP contribution in [0.3, 0.4) is 0 Å². The number of thioether (sulfide) groups is 1. The molecule has 1 aliphatic heterocycles. The SMILES string of the molecule is O=C(O)CNC(=O)COc1ccc(C2C(SCC(O)c3ccc(F)cc3)C(=O)N2c2ccccc2)c(O)c1. The molecule has 1 saturated heterocycles. The molecule has 0 aromatic heterocycles. The number of carbonyl (C=O) groups excluding carboxylic acids is 2. The Morgan fingerprint density at radius 1 is 1.08 bits per heavy atom. The second kappa shape index (κ2) is 12.0. The molecule has 3 aromatic rings. The number of rotatable bonds is 11. The van der Waals surface area contributed by atoms with Crippen LogP contribution in [0.2, 0.25) is 0 Å². The van der Waals surface area contributed by atoms with Crippen LogP contribution in [-0.4, -0.2) is 57.3 Å². The fraction of sp³-hybridized carbons (Fsp3) is 0.222. The first-order valence-electron chi connectivity index (χ1n) is 11.6. The van der Waals surface area contributed by atoms with Gasteiger partial charge in [-0.25, -0.2) is 4.39 Å². The topological polar surface area (TPSA) is 136 Å². The molecule has 3 aromatic carbocycles. The third-order valence-corrected chi connectivity index (χ3v) is 7.22. The van der Waals surface area contributed by atoms with E-state index in [2.05, 4.69) is 5.32 Å². The minimum absolute atomic E-state index is 0.156. The van der Waals surface area contributed by atoms with Crippen molar-refractivity contribution < 1.29 is 38.8 Å². The molecule has 0 bridgehead atoms. The lowest BCUT2D eigenvalue weighted by molar-refractivity contribution is -0.138. The van der Waals surface area contributed by atoms with Crippen LogP contribution >= 0.6 is 11.8 Å². The number of halogens is 1. The molecule has 0 saturated carbocycles. The van der Waals surface area contributed by atoms with Crippen LogP contribution in [0.15, 0.2) is 72.8 Å². The number of nitrogens with zero attached hydrogens (tertiary/aromatic N) is 1. The van der Waals surface area contributed by atoms with Gasteiger partial charge in [0.25, 0.3) is 5.91 Å². The number of ether oxygens (including phenoxy) is 1. The molecule has 2 amide bonds. The first-order chi connectivity index (χ1) is 18.2. The monoisotopic (exact) mass is 540 g/mol. The zero-order valence-corrected chi connectivity index (χ0v) is 20.8. The Morgan fingerprint density at radius 2 is 1.79 bits per heavy atom. The Labute approximate surface area is 221 Å². The number of aliphatic hydroxyl groups excluding tert-OH is 1. The number of phenols is 1. The van der Waals surface area contributed by atoms with Crippen LogP contribution in [0.25, 0.3) is 0 Å². The zero-order valence-electron chi connectivity index (χ0n) is 20.0. The number of aromatic hydroxyl groups is 1. The summed E-state index contributed by atoms with van der Waals surface area (Å²) in [5.41, 5.74) is 1.62. The number of para-hydroxylation sites is 1. The third-order valence-electron chi connectivity index (χ3n) is 5.90. The average molecular weight is 541 g/mol. The summed E-state index contributed by atoms with van der Waals surface area (Å²) in [5.74, 6) is -2.21. The lowest BCUT2D eigenvalue weighted by Crippen LogP contribution is -2.57. The third kappa shape index (κ3) is 6.24. The molecule has 4 rings (SSSR count). The largest absolute Gasteiger partial charge is 0.507 e. The first kappa shape index (κ1) is 27.0. The molecular weight excluding hydrogens is 515 g/mol. The van der Waals surface area contributed by atoms with E-state index >= 15 is 0 Å². The van der Waals surface area contributed by atoms with Crippen molar-refractivity contribution in [2.75, 3.05) is 23.8 Å². The number of hydrogen-bond acceptors (Lipinski definition) is 7. The molecule has 9 nitrogen and oxygen atoms in total. The number of amides is 2. The Kier molecular flexibility index (Phi) is 8.49. The summed E-state index contributed by atoms with van der Waals surface area (Å²) in [6.07, 6.45) is -0.920. The maximum Gasteiger partial charge on any atom is 0.322 e. The van der Waals surface area contributed by atoms with Crippen LogP contribution in [0.4, 0.5) is 10.1 Å². The highest BCUT2D eigenvalue weighted by Crippen LogP contribution is 2.48. The van der Waals surface area contributed by atoms with Crippen molar-refractivity contribution in [1.82, 2.24) is 5.32 Å². The molecule has 198 valence electrons. The first-order valence-corrected chi connectivity index (χ1v) is 12.7. The predicted octanol–water partition coefficient (Wildman–Crippen LogP) is 3.03. The van der Waals surface area contributed by atoms with Crippen molar-refractivity contribution in [1.29, 1.82) is 0 Å². The van der Waals surface area contributed by atoms with E-state index in [0.29, 0.717) is 16.8 Å². The summed E-state index contributed by atoms with van der Waals surface area (Å²) in [4.78, 5) is 37.0. The van der Waals surface area contributed by atoms with Crippen molar-refractivity contribution in [2.24, 2.45) is 0 Å². The molecule has 38 heavy (non-hydrogen) atoms. The number of hydrogen-bond donors (Lipinski definition) is 4. The molecule has 1 fully saturated rings. The van der Waals surface area contributed by atoms with Crippen LogP contribution in [0.1, 0.15) is 23.3 Å². The van der Waals surface area contributed by atoms with E-state index in [1.54, 1.807) is 41.3 Å². The second-order valence-electron chi connectivity index (χ2n) is 8.49. The molecule has 11 heteroatoms. The Hall–Kier alpha value is -4.09. The smallest absolute Gasteiger partial charge is 0.322 e. The van der Waals surface area contributed by atoms with Crippen LogP contribution in [0.5, 0.6) is 11.5 Å². The second-order valence-corrected chi connectivity index (χ2v) is 9.66. The van der Waals surface area contributed by atoms with Gasteiger partial charge in [0.05, 0.1) is 12.1 Å². The summed E-state index contributed by atoms with van der Waals surface area (Å²) < 4.78 is 18.6. The van der Waals surface area contributed by atoms with Gasteiger partial charge in [-0.1, -0.05) is 30.3 Å². The highest BCUT2D eigenvalue weighted by molar-refractivity contribution is 8.00. The van der Waals surface area contributed by atoms with Gasteiger partial charge in [-0.15, -0.1) is 11.8 Å². The van der Waals surface area contributed by atoms with Gasteiger partial charge >= 0.3 is 5.97 Å². The number of benzene rings is 3. The van der Waals surface area contributed by atoms with Crippen molar-refractivity contribution in [3.63, 3.8) is 0 Å². The quantitative estimate of drug-likeness (QED) is 0.273. The average Bonchev–Trinajstić information content (AvgIpc) is 2.90. The van der Waals surface area contributed by atoms with Gasteiger partial charge in [-0.3, -0.25) is 14.4 Å². The zero-order chi connectivity index (χ0) is 27.2. The molecule has 0 aliphatic carbocycles. The van der Waals surface area contributed by atoms with Gasteiger partial charge in [0.2, 0.25) is 5.91 Å². The minimum Gasteiger partial charge on any atom is -0.507 e. The van der Waals surface area contributed by atoms with E-state index in [-0.39, 0.29) is 23.2 Å². The maximum absolute atomic E-state index is 13.2. The van der Waals surface area contributed by atoms with Crippen molar-refractivity contribution >= 4 is 35.2 Å². The summed E-state index contributed by atoms with van der Waals surface area (Å²) in [6, 6.07) is 18.4. The van der Waals surface area contributed by atoms with Crippen molar-refractivity contribution in [2.45, 2.75) is 17.4 Å². The fourth-order valence-corrected chi connectivity index (χ4v) is 5.31. The van der Waals surface area contributed by atoms with Crippen molar-refractivity contribution in [3.8, 4) is 11.5 Å². The van der Waals surface area contributed by atoms with E-state index < -0.39 is 48.2 Å². The molecular formula is C27H25FN2O7S. The van der Waals surface area contributed by atoms with E-state index in [9.17, 15) is 29.0 Å². The molecule has 1 heterocycles. The fourth-order valence-electron chi connectivity index (χ4n) is 4.02. The van der Waals surface area contributed by atoms with Gasteiger partial charge in [-0.05, 0) is 42.0 Å². The molecule has 3 unspecified atom stereocenters. The van der Waals surface area contributed by atoms with Gasteiger partial charge in [0.15, 0.2) is 6.61 Å². The normalized spacial score (nSPS) is 17.4. The lowest BCUT2D eigenvalue weighted by atomic mass is 9.91. The van der Waals surface area contributed by atoms with Crippen molar-refractivity contribution in [3.05, 3.63) is 89.7 Å². The summed E-state index contributed by atoms with van der Waals surface area (Å²) in [7, 11) is 0. The molecule has 0 spiro atoms. The van der Waals surface area contributed by atoms with Crippen LogP contribution in [0, 0.1) is 5.82 Å². The van der Waals surface area contributed by atoms with Crippen LogP contribution in [-0.2, 0) is 14.4 Å². The molecule has 3 atom stereocenters.